The molecule has 0 aromatic heterocycles. The van der Waals surface area contributed by atoms with Crippen molar-refractivity contribution in [1.82, 2.24) is 0 Å². The smallest absolute Gasteiger partial charge is 0.162 e. The van der Waals surface area contributed by atoms with Crippen LogP contribution >= 0.6 is 23.2 Å². The highest BCUT2D eigenvalue weighted by Gasteiger charge is 1.93. The van der Waals surface area contributed by atoms with Crippen molar-refractivity contribution in [3.8, 4) is 0 Å². The summed E-state index contributed by atoms with van der Waals surface area (Å²) in [6.07, 6.45) is 1.19. The average Bonchev–Trinajstić information content (AvgIpc) is 1.84. The zero-order chi connectivity index (χ0) is 6.57. The van der Waals surface area contributed by atoms with Crippen molar-refractivity contribution in [2.75, 3.05) is 0 Å². The lowest BCUT2D eigenvalue weighted by molar-refractivity contribution is -0.104. The molecule has 0 radical (unpaired) electrons. The van der Waals surface area contributed by atoms with Crippen molar-refractivity contribution >= 4 is 35.7 Å². The molecule has 0 spiro atoms. The maximum Gasteiger partial charge on any atom is 0.162 e. The fraction of sp³-hybridized carbons (Fsp3) is 0. The largest absolute Gasteiger partial charge is 0.307 e. The van der Waals surface area contributed by atoms with Crippen LogP contribution in [0.5, 0.6) is 0 Å². The number of hydrogen-bond acceptors (Lipinski definition) is 2. The van der Waals surface area contributed by atoms with Crippen molar-refractivity contribution < 1.29 is 4.79 Å². The minimum atomic E-state index is -0.137. The summed E-state index contributed by atoms with van der Waals surface area (Å²) in [6.45, 7) is 0. The number of carbonyl (C=O) groups excluding carboxylic acids is 1. The SMILES string of the molecule is N=C/C(Cl)=C(/Cl)C=O. The van der Waals surface area contributed by atoms with E-state index in [4.69, 9.17) is 28.6 Å². The van der Waals surface area contributed by atoms with Gasteiger partial charge in [-0.25, -0.2) is 0 Å². The Labute approximate surface area is 56.6 Å². The van der Waals surface area contributed by atoms with Crippen LogP contribution in [-0.4, -0.2) is 12.5 Å². The molecule has 0 atom stereocenters. The second-order valence-corrected chi connectivity index (χ2v) is 1.77. The predicted octanol–water partition coefficient (Wildman–Crippen LogP) is 1.52. The first-order valence-electron chi connectivity index (χ1n) is 1.73. The Morgan fingerprint density at radius 2 is 1.88 bits per heavy atom. The van der Waals surface area contributed by atoms with Crippen LogP contribution in [0.4, 0.5) is 0 Å². The molecule has 0 aliphatic rings. The van der Waals surface area contributed by atoms with Gasteiger partial charge in [-0.2, -0.15) is 0 Å². The molecule has 0 aliphatic heterocycles. The van der Waals surface area contributed by atoms with Crippen LogP contribution < -0.4 is 0 Å². The zero-order valence-corrected chi connectivity index (χ0v) is 5.33. The number of allylic oxidation sites excluding steroid dienone is 2. The van der Waals surface area contributed by atoms with Gasteiger partial charge in [0.15, 0.2) is 6.29 Å². The second-order valence-electron chi connectivity index (χ2n) is 0.958. The molecule has 8 heavy (non-hydrogen) atoms. The molecule has 0 unspecified atom stereocenters. The van der Waals surface area contributed by atoms with E-state index in [1.807, 2.05) is 0 Å². The number of aldehydes is 1. The van der Waals surface area contributed by atoms with Crippen LogP contribution in [0.1, 0.15) is 0 Å². The van der Waals surface area contributed by atoms with Gasteiger partial charge in [-0.1, -0.05) is 23.2 Å². The predicted molar refractivity (Wildman–Crippen MR) is 33.6 cm³/mol. The van der Waals surface area contributed by atoms with Crippen molar-refractivity contribution in [1.29, 1.82) is 5.41 Å². The third-order valence-electron chi connectivity index (χ3n) is 0.458. The lowest BCUT2D eigenvalue weighted by Crippen LogP contribution is -1.78. The fourth-order valence-corrected chi connectivity index (χ4v) is 0.224. The Bertz CT molecular complexity index is 125. The van der Waals surface area contributed by atoms with Crippen molar-refractivity contribution in [3.63, 3.8) is 0 Å². The Balaban J connectivity index is 4.25. The highest BCUT2D eigenvalue weighted by atomic mass is 35.5. The van der Waals surface area contributed by atoms with E-state index in [2.05, 4.69) is 0 Å². The van der Waals surface area contributed by atoms with Crippen LogP contribution in [0.25, 0.3) is 0 Å². The second kappa shape index (κ2) is 3.64. The zero-order valence-electron chi connectivity index (χ0n) is 3.82. The monoisotopic (exact) mass is 151 g/mol. The molecule has 0 aromatic rings. The fourth-order valence-electron chi connectivity index (χ4n) is 0.125. The van der Waals surface area contributed by atoms with Crippen LogP contribution in [-0.2, 0) is 4.79 Å². The highest BCUT2D eigenvalue weighted by molar-refractivity contribution is 6.50. The Morgan fingerprint density at radius 3 is 2.00 bits per heavy atom. The lowest BCUT2D eigenvalue weighted by atomic mass is 10.5. The van der Waals surface area contributed by atoms with Gasteiger partial charge < -0.3 is 5.41 Å². The number of halogens is 2. The van der Waals surface area contributed by atoms with Gasteiger partial charge in [0, 0.05) is 6.21 Å². The molecule has 4 heteroatoms. The van der Waals surface area contributed by atoms with Crippen LogP contribution in [0, 0.1) is 5.41 Å². The summed E-state index contributed by atoms with van der Waals surface area (Å²) in [5.41, 5.74) is 0. The molecule has 0 aromatic carbocycles. The van der Waals surface area contributed by atoms with E-state index >= 15 is 0 Å². The van der Waals surface area contributed by atoms with Gasteiger partial charge in [0.2, 0.25) is 0 Å². The third kappa shape index (κ3) is 2.09. The Morgan fingerprint density at radius 1 is 1.38 bits per heavy atom. The molecule has 0 amide bonds. The minimum absolute atomic E-state index is 0.0401. The number of nitrogens with one attached hydrogen (secondary N) is 1. The summed E-state index contributed by atoms with van der Waals surface area (Å²) in [6, 6.07) is 0. The van der Waals surface area contributed by atoms with Crippen LogP contribution in [0.15, 0.2) is 10.1 Å². The highest BCUT2D eigenvalue weighted by Crippen LogP contribution is 2.07. The first-order valence-corrected chi connectivity index (χ1v) is 2.49. The molecule has 44 valence electrons. The summed E-state index contributed by atoms with van der Waals surface area (Å²) in [7, 11) is 0. The summed E-state index contributed by atoms with van der Waals surface area (Å²) in [5, 5.41) is 6.31. The van der Waals surface area contributed by atoms with Crippen LogP contribution in [0.3, 0.4) is 0 Å². The lowest BCUT2D eigenvalue weighted by Gasteiger charge is -1.82. The molecule has 0 heterocycles. The van der Waals surface area contributed by atoms with Gasteiger partial charge >= 0.3 is 0 Å². The van der Waals surface area contributed by atoms with Crippen LogP contribution in [0.2, 0.25) is 0 Å². The summed E-state index contributed by atoms with van der Waals surface area (Å²) >= 11 is 10.3. The van der Waals surface area contributed by atoms with E-state index < -0.39 is 0 Å². The number of hydrogen-bond donors (Lipinski definition) is 1. The average molecular weight is 152 g/mol. The quantitative estimate of drug-likeness (QED) is 0.363. The summed E-state index contributed by atoms with van der Waals surface area (Å²) in [4.78, 5) is 9.73. The van der Waals surface area contributed by atoms with E-state index in [1.165, 1.54) is 0 Å². The summed E-state index contributed by atoms with van der Waals surface area (Å²) in [5.74, 6) is 0. The maximum absolute atomic E-state index is 9.73. The van der Waals surface area contributed by atoms with Gasteiger partial charge in [-0.15, -0.1) is 0 Å². The molecule has 0 bridgehead atoms. The van der Waals surface area contributed by atoms with Crippen molar-refractivity contribution in [2.24, 2.45) is 0 Å². The minimum Gasteiger partial charge on any atom is -0.307 e. The molecule has 0 saturated carbocycles. The van der Waals surface area contributed by atoms with Gasteiger partial charge in [0.25, 0.3) is 0 Å². The van der Waals surface area contributed by atoms with E-state index in [0.717, 1.165) is 6.21 Å². The van der Waals surface area contributed by atoms with Gasteiger partial charge in [0.1, 0.15) is 5.03 Å². The van der Waals surface area contributed by atoms with E-state index in [9.17, 15) is 4.79 Å². The first kappa shape index (κ1) is 7.66. The van der Waals surface area contributed by atoms with Crippen molar-refractivity contribution in [2.45, 2.75) is 0 Å². The molecule has 0 aliphatic carbocycles. The molecule has 0 rings (SSSR count). The topological polar surface area (TPSA) is 40.9 Å². The molecule has 2 nitrogen and oxygen atoms in total. The van der Waals surface area contributed by atoms with Crippen molar-refractivity contribution in [3.05, 3.63) is 10.1 Å². The molecule has 0 saturated heterocycles. The van der Waals surface area contributed by atoms with Gasteiger partial charge in [-0.05, 0) is 0 Å². The third-order valence-corrected chi connectivity index (χ3v) is 1.16. The van der Waals surface area contributed by atoms with Gasteiger partial charge in [-0.3, -0.25) is 4.79 Å². The maximum atomic E-state index is 9.73. The van der Waals surface area contributed by atoms with E-state index in [0.29, 0.717) is 6.29 Å². The Hall–Kier alpha value is -0.340. The van der Waals surface area contributed by atoms with E-state index in [1.54, 1.807) is 0 Å². The standard InChI is InChI=1S/C4H3Cl2NO/c5-3(1-7)4(6)2-8/h1-2,7H/b4-3-,7-1?. The Kier molecular flexibility index (Phi) is 3.48. The number of carbonyl (C=O) groups is 1. The van der Waals surface area contributed by atoms with Gasteiger partial charge in [0.05, 0.1) is 5.03 Å². The molecular weight excluding hydrogens is 149 g/mol. The molecule has 0 fully saturated rings. The molecular formula is C4H3Cl2NO. The summed E-state index contributed by atoms with van der Waals surface area (Å²) < 4.78 is 0. The first-order chi connectivity index (χ1) is 3.72. The molecule has 1 N–H and O–H groups in total. The normalized spacial score (nSPS) is 12.2. The van der Waals surface area contributed by atoms with E-state index in [-0.39, 0.29) is 10.1 Å². The number of rotatable bonds is 2.